The third kappa shape index (κ3) is 4.94. The first-order valence-corrected chi connectivity index (χ1v) is 10.4. The second-order valence-electron chi connectivity index (χ2n) is 8.50. The number of hydrogen-bond acceptors (Lipinski definition) is 8. The molecule has 0 aliphatic rings. The van der Waals surface area contributed by atoms with Gasteiger partial charge < -0.3 is 24.7 Å². The van der Waals surface area contributed by atoms with Crippen LogP contribution in [0.1, 0.15) is 48.4 Å². The molecule has 34 heavy (non-hydrogen) atoms. The maximum absolute atomic E-state index is 14.5. The van der Waals surface area contributed by atoms with E-state index in [-0.39, 0.29) is 11.3 Å². The van der Waals surface area contributed by atoms with E-state index < -0.39 is 29.2 Å². The highest BCUT2D eigenvalue weighted by Gasteiger charge is 2.28. The SMILES string of the molecule is COc1ccc(F)c(C(=O)c2ncc(C(N)C(=O)OC(C)(C)C)c3cc(OC)c(OC)cc23)c1. The van der Waals surface area contributed by atoms with Gasteiger partial charge in [0.15, 0.2) is 11.5 Å². The molecule has 2 aromatic carbocycles. The molecule has 8 nitrogen and oxygen atoms in total. The van der Waals surface area contributed by atoms with Crippen LogP contribution in [0.25, 0.3) is 10.8 Å². The third-order valence-corrected chi connectivity index (χ3v) is 5.05. The molecule has 1 unspecified atom stereocenters. The largest absolute Gasteiger partial charge is 0.497 e. The van der Waals surface area contributed by atoms with Gasteiger partial charge in [-0.1, -0.05) is 0 Å². The molecular formula is C25H27FN2O6. The van der Waals surface area contributed by atoms with E-state index in [9.17, 15) is 14.0 Å². The average Bonchev–Trinajstić information content (AvgIpc) is 2.80. The van der Waals surface area contributed by atoms with Crippen LogP contribution in [0, 0.1) is 5.82 Å². The minimum absolute atomic E-state index is 0.0526. The molecule has 1 heterocycles. The van der Waals surface area contributed by atoms with Crippen LogP contribution in [-0.4, -0.2) is 43.7 Å². The van der Waals surface area contributed by atoms with E-state index in [0.717, 1.165) is 6.07 Å². The molecule has 0 saturated carbocycles. The number of nitrogens with two attached hydrogens (primary N) is 1. The molecule has 0 aliphatic carbocycles. The lowest BCUT2D eigenvalue weighted by Gasteiger charge is -2.23. The number of aromatic nitrogens is 1. The van der Waals surface area contributed by atoms with Gasteiger partial charge in [0.2, 0.25) is 5.78 Å². The lowest BCUT2D eigenvalue weighted by Crippen LogP contribution is -2.31. The van der Waals surface area contributed by atoms with Gasteiger partial charge in [-0.15, -0.1) is 0 Å². The Morgan fingerprint density at radius 3 is 2.15 bits per heavy atom. The summed E-state index contributed by atoms with van der Waals surface area (Å²) in [5.74, 6) is -1.08. The molecule has 180 valence electrons. The third-order valence-electron chi connectivity index (χ3n) is 5.05. The summed E-state index contributed by atoms with van der Waals surface area (Å²) in [7, 11) is 4.31. The first-order valence-electron chi connectivity index (χ1n) is 10.4. The van der Waals surface area contributed by atoms with Crippen molar-refractivity contribution in [3.8, 4) is 17.2 Å². The van der Waals surface area contributed by atoms with E-state index in [1.54, 1.807) is 26.8 Å². The summed E-state index contributed by atoms with van der Waals surface area (Å²) >= 11 is 0. The van der Waals surface area contributed by atoms with Gasteiger partial charge in [0.1, 0.15) is 28.9 Å². The van der Waals surface area contributed by atoms with Crippen molar-refractivity contribution in [2.45, 2.75) is 32.4 Å². The van der Waals surface area contributed by atoms with Crippen molar-refractivity contribution in [1.29, 1.82) is 0 Å². The van der Waals surface area contributed by atoms with Gasteiger partial charge in [-0.25, -0.2) is 9.18 Å². The fourth-order valence-electron chi connectivity index (χ4n) is 3.44. The minimum Gasteiger partial charge on any atom is -0.497 e. The summed E-state index contributed by atoms with van der Waals surface area (Å²) in [5.41, 5.74) is 5.52. The minimum atomic E-state index is -1.19. The van der Waals surface area contributed by atoms with Crippen molar-refractivity contribution in [3.05, 3.63) is 59.2 Å². The van der Waals surface area contributed by atoms with E-state index in [1.807, 2.05) is 0 Å². The molecule has 3 aromatic rings. The lowest BCUT2D eigenvalue weighted by molar-refractivity contribution is -0.156. The topological polar surface area (TPSA) is 110 Å². The summed E-state index contributed by atoms with van der Waals surface area (Å²) in [6.07, 6.45) is 1.31. The summed E-state index contributed by atoms with van der Waals surface area (Å²) in [6.45, 7) is 5.19. The Hall–Kier alpha value is -3.72. The van der Waals surface area contributed by atoms with E-state index >= 15 is 0 Å². The lowest BCUT2D eigenvalue weighted by atomic mass is 9.96. The summed E-state index contributed by atoms with van der Waals surface area (Å²) < 4.78 is 35.9. The van der Waals surface area contributed by atoms with Gasteiger partial charge in [-0.05, 0) is 56.5 Å². The molecule has 9 heteroatoms. The van der Waals surface area contributed by atoms with E-state index in [4.69, 9.17) is 24.7 Å². The fourth-order valence-corrected chi connectivity index (χ4v) is 3.44. The Morgan fingerprint density at radius 1 is 0.971 bits per heavy atom. The number of benzene rings is 2. The van der Waals surface area contributed by atoms with Crippen molar-refractivity contribution in [3.63, 3.8) is 0 Å². The number of esters is 1. The van der Waals surface area contributed by atoms with Crippen LogP contribution in [0.15, 0.2) is 36.5 Å². The first-order chi connectivity index (χ1) is 16.0. The Labute approximate surface area is 196 Å². The number of ether oxygens (including phenoxy) is 4. The number of rotatable bonds is 7. The molecule has 1 aromatic heterocycles. The molecule has 0 aliphatic heterocycles. The molecule has 0 fully saturated rings. The Bertz CT molecular complexity index is 1250. The number of carbonyl (C=O) groups excluding carboxylic acids is 2. The van der Waals surface area contributed by atoms with Crippen LogP contribution in [-0.2, 0) is 9.53 Å². The fraction of sp³-hybridized carbons (Fsp3) is 0.320. The number of halogens is 1. The van der Waals surface area contributed by atoms with Crippen molar-refractivity contribution >= 4 is 22.5 Å². The van der Waals surface area contributed by atoms with Crippen molar-refractivity contribution in [1.82, 2.24) is 4.98 Å². The molecular weight excluding hydrogens is 443 g/mol. The maximum atomic E-state index is 14.5. The average molecular weight is 470 g/mol. The highest BCUT2D eigenvalue weighted by atomic mass is 19.1. The Kier molecular flexibility index (Phi) is 7.07. The Balaban J connectivity index is 2.24. The van der Waals surface area contributed by atoms with Gasteiger partial charge >= 0.3 is 5.97 Å². The molecule has 0 saturated heterocycles. The Morgan fingerprint density at radius 2 is 1.59 bits per heavy atom. The van der Waals surface area contributed by atoms with E-state index in [0.29, 0.717) is 33.6 Å². The highest BCUT2D eigenvalue weighted by molar-refractivity contribution is 6.16. The molecule has 1 atom stereocenters. The van der Waals surface area contributed by atoms with Crippen molar-refractivity contribution < 1.29 is 32.9 Å². The number of fused-ring (bicyclic) bond motifs is 1. The number of methoxy groups -OCH3 is 3. The zero-order valence-corrected chi connectivity index (χ0v) is 19.9. The number of carbonyl (C=O) groups is 2. The molecule has 2 N–H and O–H groups in total. The normalized spacial score (nSPS) is 12.2. The van der Waals surface area contributed by atoms with Gasteiger partial charge in [-0.2, -0.15) is 0 Å². The van der Waals surface area contributed by atoms with Crippen LogP contribution in [0.3, 0.4) is 0 Å². The second kappa shape index (κ2) is 9.64. The van der Waals surface area contributed by atoms with Crippen LogP contribution in [0.2, 0.25) is 0 Å². The van der Waals surface area contributed by atoms with Gasteiger partial charge in [0, 0.05) is 17.1 Å². The number of ketones is 1. The molecule has 3 rings (SSSR count). The monoisotopic (exact) mass is 470 g/mol. The van der Waals surface area contributed by atoms with Gasteiger partial charge in [0.25, 0.3) is 0 Å². The molecule has 0 radical (unpaired) electrons. The molecule has 0 spiro atoms. The second-order valence-corrected chi connectivity index (χ2v) is 8.50. The van der Waals surface area contributed by atoms with Crippen molar-refractivity contribution in [2.75, 3.05) is 21.3 Å². The van der Waals surface area contributed by atoms with E-state index in [1.165, 1.54) is 45.7 Å². The van der Waals surface area contributed by atoms with Crippen LogP contribution >= 0.6 is 0 Å². The zero-order valence-electron chi connectivity index (χ0n) is 19.9. The molecule has 0 amide bonds. The zero-order chi connectivity index (χ0) is 25.2. The van der Waals surface area contributed by atoms with Crippen LogP contribution in [0.4, 0.5) is 4.39 Å². The quantitative estimate of drug-likeness (QED) is 0.408. The number of pyridine rings is 1. The van der Waals surface area contributed by atoms with Crippen LogP contribution < -0.4 is 19.9 Å². The smallest absolute Gasteiger partial charge is 0.328 e. The van der Waals surface area contributed by atoms with Gasteiger partial charge in [0.05, 0.1) is 26.9 Å². The number of nitrogens with zero attached hydrogens (tertiary/aromatic N) is 1. The van der Waals surface area contributed by atoms with Crippen molar-refractivity contribution in [2.24, 2.45) is 5.73 Å². The van der Waals surface area contributed by atoms with Gasteiger partial charge in [-0.3, -0.25) is 9.78 Å². The predicted molar refractivity (Wildman–Crippen MR) is 124 cm³/mol. The summed E-state index contributed by atoms with van der Waals surface area (Å²) in [4.78, 5) is 30.3. The maximum Gasteiger partial charge on any atom is 0.328 e. The predicted octanol–water partition coefficient (Wildman–Crippen LogP) is 3.97. The first kappa shape index (κ1) is 24.9. The highest BCUT2D eigenvalue weighted by Crippen LogP contribution is 2.37. The van der Waals surface area contributed by atoms with E-state index in [2.05, 4.69) is 4.98 Å². The standard InChI is InChI=1S/C25H27FN2O6/c1-25(2,3)34-24(30)21(27)17-12-28-22(15-11-20(33-6)19(32-5)10-14(15)17)23(29)16-9-13(31-4)7-8-18(16)26/h7-12,21H,27H2,1-6H3. The summed E-state index contributed by atoms with van der Waals surface area (Å²) in [5, 5.41) is 0.721. The molecule has 0 bridgehead atoms. The van der Waals surface area contributed by atoms with Crippen LogP contribution in [0.5, 0.6) is 17.2 Å². The summed E-state index contributed by atoms with van der Waals surface area (Å²) in [6, 6.07) is 5.79. The number of hydrogen-bond donors (Lipinski definition) is 1.